The third kappa shape index (κ3) is 4.66. The normalized spacial score (nSPS) is 17.1. The standard InChI is InChI=1S/C19H26N4O2S/c1-19(2,3)17-23-13(12-26-17)9-21-18(20-4)22-10-14-11-24-15-7-5-6-8-16(15)25-14/h5-8,12,14H,9-11H2,1-4H3,(H2,20,21,22). The zero-order chi connectivity index (χ0) is 18.6. The highest BCUT2D eigenvalue weighted by atomic mass is 32.1. The summed E-state index contributed by atoms with van der Waals surface area (Å²) in [6, 6.07) is 7.72. The average Bonchev–Trinajstić information content (AvgIpc) is 3.11. The molecule has 2 heterocycles. The Balaban J connectivity index is 1.48. The van der Waals surface area contributed by atoms with Gasteiger partial charge in [-0.2, -0.15) is 0 Å². The molecule has 0 fully saturated rings. The van der Waals surface area contributed by atoms with Crippen LogP contribution >= 0.6 is 11.3 Å². The number of hydrogen-bond donors (Lipinski definition) is 2. The summed E-state index contributed by atoms with van der Waals surface area (Å²) in [6.07, 6.45) is -0.0600. The number of rotatable bonds is 4. The summed E-state index contributed by atoms with van der Waals surface area (Å²) >= 11 is 1.70. The van der Waals surface area contributed by atoms with Crippen LogP contribution in [0, 0.1) is 0 Å². The molecule has 6 nitrogen and oxygen atoms in total. The molecule has 7 heteroatoms. The monoisotopic (exact) mass is 374 g/mol. The van der Waals surface area contributed by atoms with E-state index in [1.807, 2.05) is 24.3 Å². The zero-order valence-corrected chi connectivity index (χ0v) is 16.5. The summed E-state index contributed by atoms with van der Waals surface area (Å²) in [5, 5.41) is 9.82. The molecule has 0 amide bonds. The van der Waals surface area contributed by atoms with Gasteiger partial charge in [-0.05, 0) is 12.1 Å². The van der Waals surface area contributed by atoms with Crippen LogP contribution < -0.4 is 20.1 Å². The van der Waals surface area contributed by atoms with E-state index in [1.54, 1.807) is 18.4 Å². The maximum Gasteiger partial charge on any atom is 0.191 e. The largest absolute Gasteiger partial charge is 0.486 e. The maximum absolute atomic E-state index is 5.95. The van der Waals surface area contributed by atoms with Gasteiger partial charge in [0, 0.05) is 17.8 Å². The lowest BCUT2D eigenvalue weighted by molar-refractivity contribution is 0.0936. The molecule has 1 aromatic carbocycles. The maximum atomic E-state index is 5.95. The number of ether oxygens (including phenoxy) is 2. The van der Waals surface area contributed by atoms with Crippen molar-refractivity contribution in [2.45, 2.75) is 38.8 Å². The lowest BCUT2D eigenvalue weighted by Gasteiger charge is -2.27. The molecule has 3 rings (SSSR count). The molecule has 0 saturated heterocycles. The molecule has 1 aliphatic heterocycles. The van der Waals surface area contributed by atoms with Gasteiger partial charge in [0.2, 0.25) is 0 Å². The summed E-state index contributed by atoms with van der Waals surface area (Å²) in [5.74, 6) is 2.30. The third-order valence-electron chi connectivity index (χ3n) is 3.92. The molecular formula is C19H26N4O2S. The molecule has 1 unspecified atom stereocenters. The van der Waals surface area contributed by atoms with E-state index in [1.165, 1.54) is 0 Å². The molecule has 140 valence electrons. The van der Waals surface area contributed by atoms with Crippen LogP contribution in [0.25, 0.3) is 0 Å². The van der Waals surface area contributed by atoms with Crippen molar-refractivity contribution in [3.8, 4) is 11.5 Å². The number of aliphatic imine (C=N–C) groups is 1. The van der Waals surface area contributed by atoms with Crippen LogP contribution in [-0.4, -0.2) is 37.2 Å². The number of benzene rings is 1. The Hall–Kier alpha value is -2.28. The molecule has 2 N–H and O–H groups in total. The minimum atomic E-state index is -0.0600. The van der Waals surface area contributed by atoms with E-state index in [0.29, 0.717) is 19.7 Å². The Morgan fingerprint density at radius 3 is 2.73 bits per heavy atom. The summed E-state index contributed by atoms with van der Waals surface area (Å²) in [7, 11) is 1.75. The van der Waals surface area contributed by atoms with Crippen molar-refractivity contribution in [1.29, 1.82) is 0 Å². The van der Waals surface area contributed by atoms with Gasteiger partial charge in [0.15, 0.2) is 17.5 Å². The minimum Gasteiger partial charge on any atom is -0.486 e. The molecule has 1 aliphatic rings. The van der Waals surface area contributed by atoms with E-state index in [9.17, 15) is 0 Å². The van der Waals surface area contributed by atoms with Crippen LogP contribution in [-0.2, 0) is 12.0 Å². The summed E-state index contributed by atoms with van der Waals surface area (Å²) in [5.41, 5.74) is 1.10. The van der Waals surface area contributed by atoms with E-state index in [4.69, 9.17) is 14.5 Å². The first-order valence-corrected chi connectivity index (χ1v) is 9.61. The summed E-state index contributed by atoms with van der Waals surface area (Å²) < 4.78 is 11.7. The van der Waals surface area contributed by atoms with Gasteiger partial charge in [-0.1, -0.05) is 32.9 Å². The lowest BCUT2D eigenvalue weighted by atomic mass is 9.98. The Bertz CT molecular complexity index is 767. The van der Waals surface area contributed by atoms with Crippen LogP contribution in [0.5, 0.6) is 11.5 Å². The second-order valence-electron chi connectivity index (χ2n) is 7.20. The lowest BCUT2D eigenvalue weighted by Crippen LogP contribution is -2.45. The van der Waals surface area contributed by atoms with Crippen molar-refractivity contribution in [3.63, 3.8) is 0 Å². The third-order valence-corrected chi connectivity index (χ3v) is 5.24. The molecule has 1 aromatic heterocycles. The topological polar surface area (TPSA) is 67.8 Å². The first-order valence-electron chi connectivity index (χ1n) is 8.73. The van der Waals surface area contributed by atoms with Crippen LogP contribution in [0.2, 0.25) is 0 Å². The predicted octanol–water partition coefficient (Wildman–Crippen LogP) is 2.95. The molecule has 0 spiro atoms. The van der Waals surface area contributed by atoms with Gasteiger partial charge in [-0.15, -0.1) is 11.3 Å². The second kappa shape index (κ2) is 7.95. The average molecular weight is 375 g/mol. The molecule has 0 bridgehead atoms. The highest BCUT2D eigenvalue weighted by Gasteiger charge is 2.21. The number of para-hydroxylation sites is 2. The van der Waals surface area contributed by atoms with Crippen molar-refractivity contribution in [2.75, 3.05) is 20.2 Å². The fraction of sp³-hybridized carbons (Fsp3) is 0.474. The van der Waals surface area contributed by atoms with Gasteiger partial charge in [0.1, 0.15) is 12.7 Å². The van der Waals surface area contributed by atoms with Crippen molar-refractivity contribution in [3.05, 3.63) is 40.3 Å². The van der Waals surface area contributed by atoms with Gasteiger partial charge >= 0.3 is 0 Å². The Labute approximate surface area is 158 Å². The van der Waals surface area contributed by atoms with Gasteiger partial charge in [-0.3, -0.25) is 4.99 Å². The van der Waals surface area contributed by atoms with E-state index in [2.05, 4.69) is 41.8 Å². The van der Waals surface area contributed by atoms with Crippen LogP contribution in [0.15, 0.2) is 34.6 Å². The molecule has 2 aromatic rings. The number of nitrogens with zero attached hydrogens (tertiary/aromatic N) is 2. The number of guanidine groups is 1. The second-order valence-corrected chi connectivity index (χ2v) is 8.06. The molecule has 0 saturated carbocycles. The van der Waals surface area contributed by atoms with E-state index < -0.39 is 0 Å². The van der Waals surface area contributed by atoms with Gasteiger partial charge in [-0.25, -0.2) is 4.98 Å². The SMILES string of the molecule is CN=C(NCc1csc(C(C)(C)C)n1)NCC1COc2ccccc2O1. The first-order chi connectivity index (χ1) is 12.5. The van der Waals surface area contributed by atoms with Crippen LogP contribution in [0.4, 0.5) is 0 Å². The quantitative estimate of drug-likeness (QED) is 0.636. The zero-order valence-electron chi connectivity index (χ0n) is 15.7. The number of fused-ring (bicyclic) bond motifs is 1. The fourth-order valence-electron chi connectivity index (χ4n) is 2.50. The van der Waals surface area contributed by atoms with Crippen LogP contribution in [0.1, 0.15) is 31.5 Å². The molecule has 0 radical (unpaired) electrons. The Morgan fingerprint density at radius 2 is 2.04 bits per heavy atom. The molecule has 0 aliphatic carbocycles. The van der Waals surface area contributed by atoms with Gasteiger partial charge in [0.05, 0.1) is 23.8 Å². The van der Waals surface area contributed by atoms with E-state index in [-0.39, 0.29) is 11.5 Å². The predicted molar refractivity (Wildman–Crippen MR) is 105 cm³/mol. The number of hydrogen-bond acceptors (Lipinski definition) is 5. The highest BCUT2D eigenvalue weighted by Crippen LogP contribution is 2.30. The van der Waals surface area contributed by atoms with Gasteiger partial charge in [0.25, 0.3) is 0 Å². The van der Waals surface area contributed by atoms with Crippen molar-refractivity contribution in [2.24, 2.45) is 4.99 Å². The van der Waals surface area contributed by atoms with Crippen molar-refractivity contribution < 1.29 is 9.47 Å². The fourth-order valence-corrected chi connectivity index (χ4v) is 3.41. The minimum absolute atomic E-state index is 0.0600. The van der Waals surface area contributed by atoms with Crippen molar-refractivity contribution >= 4 is 17.3 Å². The molecule has 1 atom stereocenters. The van der Waals surface area contributed by atoms with Gasteiger partial charge < -0.3 is 20.1 Å². The number of nitrogens with one attached hydrogen (secondary N) is 2. The Kier molecular flexibility index (Phi) is 5.66. The highest BCUT2D eigenvalue weighted by molar-refractivity contribution is 7.09. The first kappa shape index (κ1) is 18.5. The van der Waals surface area contributed by atoms with E-state index >= 15 is 0 Å². The van der Waals surface area contributed by atoms with E-state index in [0.717, 1.165) is 28.2 Å². The van der Waals surface area contributed by atoms with Crippen molar-refractivity contribution in [1.82, 2.24) is 15.6 Å². The molecule has 26 heavy (non-hydrogen) atoms. The number of thiazole rings is 1. The summed E-state index contributed by atoms with van der Waals surface area (Å²) in [4.78, 5) is 8.95. The number of aromatic nitrogens is 1. The smallest absolute Gasteiger partial charge is 0.191 e. The molecular weight excluding hydrogens is 348 g/mol. The Morgan fingerprint density at radius 1 is 1.27 bits per heavy atom. The summed E-state index contributed by atoms with van der Waals surface area (Å²) in [6.45, 7) is 8.28. The van der Waals surface area contributed by atoms with Crippen LogP contribution in [0.3, 0.4) is 0 Å².